The number of benzene rings is 2. The van der Waals surface area contributed by atoms with Crippen LogP contribution >= 0.6 is 0 Å². The Kier molecular flexibility index (Phi) is 8.83. The molecule has 200 valence electrons. The van der Waals surface area contributed by atoms with Crippen molar-refractivity contribution in [2.24, 2.45) is 0 Å². The molecule has 2 aromatic carbocycles. The number of pyridine rings is 1. The van der Waals surface area contributed by atoms with Crippen LogP contribution in [0.25, 0.3) is 11.3 Å². The lowest BCUT2D eigenvalue weighted by Gasteiger charge is -2.28. The number of hydrogen-bond acceptors (Lipinski definition) is 6. The van der Waals surface area contributed by atoms with Crippen LogP contribution in [0.15, 0.2) is 48.7 Å². The molecule has 6 nitrogen and oxygen atoms in total. The van der Waals surface area contributed by atoms with Gasteiger partial charge in [0.25, 0.3) is 0 Å². The van der Waals surface area contributed by atoms with Crippen molar-refractivity contribution in [3.05, 3.63) is 76.5 Å². The summed E-state index contributed by atoms with van der Waals surface area (Å²) in [7, 11) is 0. The molecule has 0 spiro atoms. The number of esters is 1. The monoisotopic (exact) mass is 514 g/mol. The summed E-state index contributed by atoms with van der Waals surface area (Å²) < 4.78 is 11.1. The molecule has 6 heteroatoms. The number of carbonyl (C=O) groups is 1. The quantitative estimate of drug-likeness (QED) is 0.254. The molecule has 0 aliphatic heterocycles. The molecule has 3 aromatic rings. The Hall–Kier alpha value is -3.85. The van der Waals surface area contributed by atoms with E-state index in [0.717, 1.165) is 29.5 Å². The predicted octanol–water partition coefficient (Wildman–Crippen LogP) is 7.11. The fourth-order valence-electron chi connectivity index (χ4n) is 4.34. The van der Waals surface area contributed by atoms with Crippen LogP contribution in [0.5, 0.6) is 11.5 Å². The zero-order valence-corrected chi connectivity index (χ0v) is 23.5. The molecule has 38 heavy (non-hydrogen) atoms. The van der Waals surface area contributed by atoms with Crippen LogP contribution in [0, 0.1) is 11.3 Å². The number of carbonyl (C=O) groups excluding carboxylic acids is 1. The Morgan fingerprint density at radius 1 is 1.03 bits per heavy atom. The molecule has 0 unspecified atom stereocenters. The highest BCUT2D eigenvalue weighted by atomic mass is 16.5. The van der Waals surface area contributed by atoms with Gasteiger partial charge in [-0.05, 0) is 77.6 Å². The molecule has 0 saturated carbocycles. The largest absolute Gasteiger partial charge is 0.507 e. The first-order valence-corrected chi connectivity index (χ1v) is 13.0. The van der Waals surface area contributed by atoms with Crippen molar-refractivity contribution in [2.75, 3.05) is 13.2 Å². The molecule has 0 fully saturated rings. The number of phenols is 1. The summed E-state index contributed by atoms with van der Waals surface area (Å²) in [5.41, 5.74) is 4.51. The lowest BCUT2D eigenvalue weighted by Crippen LogP contribution is -2.18. The van der Waals surface area contributed by atoms with E-state index in [9.17, 15) is 15.2 Å². The van der Waals surface area contributed by atoms with E-state index >= 15 is 0 Å². The first-order valence-electron chi connectivity index (χ1n) is 13.0. The van der Waals surface area contributed by atoms with Gasteiger partial charge in [0, 0.05) is 11.8 Å². The van der Waals surface area contributed by atoms with Gasteiger partial charge in [0.05, 0.1) is 30.0 Å². The first kappa shape index (κ1) is 28.7. The number of phenolic OH excluding ortho intramolecular Hbond substituents is 1. The minimum Gasteiger partial charge on any atom is -0.507 e. The number of aromatic nitrogens is 1. The molecule has 0 aliphatic carbocycles. The Morgan fingerprint density at radius 2 is 1.68 bits per heavy atom. The second-order valence-electron chi connectivity index (χ2n) is 11.4. The van der Waals surface area contributed by atoms with Gasteiger partial charge in [0.15, 0.2) is 0 Å². The number of aromatic hydroxyl groups is 1. The van der Waals surface area contributed by atoms with E-state index in [2.05, 4.69) is 64.7 Å². The number of aryl methyl sites for hydroxylation is 1. The average Bonchev–Trinajstić information content (AvgIpc) is 2.86. The maximum atomic E-state index is 12.4. The molecular weight excluding hydrogens is 476 g/mol. The zero-order valence-electron chi connectivity index (χ0n) is 23.5. The summed E-state index contributed by atoms with van der Waals surface area (Å²) in [6.45, 7) is 15.1. The van der Waals surface area contributed by atoms with Crippen molar-refractivity contribution in [1.29, 1.82) is 5.26 Å². The summed E-state index contributed by atoms with van der Waals surface area (Å²) in [5.74, 6) is 0.414. The fraction of sp³-hybridized carbons (Fsp3) is 0.406. The average molecular weight is 515 g/mol. The van der Waals surface area contributed by atoms with E-state index in [1.807, 2.05) is 0 Å². The van der Waals surface area contributed by atoms with E-state index in [1.165, 1.54) is 0 Å². The Labute approximate surface area is 226 Å². The molecule has 0 saturated heterocycles. The standard InChI is InChI=1S/C32H38N2O4/c1-8-37-30(36)24-12-9-15-34-28(24)22-13-14-27(23(19-22)20-33)38-16-10-11-21-17-25(31(2,3)4)29(35)26(18-21)32(5,6)7/h9,12-15,17-19,35H,8,10-11,16H2,1-7H3. The van der Waals surface area contributed by atoms with Gasteiger partial charge in [0.1, 0.15) is 17.6 Å². The van der Waals surface area contributed by atoms with Gasteiger partial charge in [-0.3, -0.25) is 4.98 Å². The smallest absolute Gasteiger partial charge is 0.340 e. The number of nitrogens with zero attached hydrogens (tertiary/aromatic N) is 2. The van der Waals surface area contributed by atoms with Crippen LogP contribution in [0.4, 0.5) is 0 Å². The van der Waals surface area contributed by atoms with Gasteiger partial charge < -0.3 is 14.6 Å². The van der Waals surface area contributed by atoms with Crippen molar-refractivity contribution in [3.8, 4) is 28.8 Å². The molecule has 1 N–H and O–H groups in total. The van der Waals surface area contributed by atoms with E-state index in [4.69, 9.17) is 9.47 Å². The Bertz CT molecular complexity index is 1310. The van der Waals surface area contributed by atoms with Crippen LogP contribution in [0.2, 0.25) is 0 Å². The molecule has 0 amide bonds. The lowest BCUT2D eigenvalue weighted by molar-refractivity contribution is 0.0527. The van der Waals surface area contributed by atoms with Gasteiger partial charge >= 0.3 is 5.97 Å². The summed E-state index contributed by atoms with van der Waals surface area (Å²) in [6.07, 6.45) is 3.13. The van der Waals surface area contributed by atoms with Gasteiger partial charge in [-0.1, -0.05) is 53.7 Å². The molecule has 1 heterocycles. The lowest BCUT2D eigenvalue weighted by atomic mass is 9.78. The van der Waals surface area contributed by atoms with Gasteiger partial charge in [-0.15, -0.1) is 0 Å². The van der Waals surface area contributed by atoms with Gasteiger partial charge in [0.2, 0.25) is 0 Å². The summed E-state index contributed by atoms with van der Waals surface area (Å²) in [4.78, 5) is 16.7. The minimum absolute atomic E-state index is 0.180. The van der Waals surface area contributed by atoms with Crippen LogP contribution in [-0.4, -0.2) is 29.3 Å². The minimum atomic E-state index is -0.451. The maximum absolute atomic E-state index is 12.4. The Balaban J connectivity index is 1.76. The summed E-state index contributed by atoms with van der Waals surface area (Å²) >= 11 is 0. The van der Waals surface area contributed by atoms with Crippen molar-refractivity contribution >= 4 is 5.97 Å². The molecule has 0 radical (unpaired) electrons. The summed E-state index contributed by atoms with van der Waals surface area (Å²) in [5, 5.41) is 20.7. The normalized spacial score (nSPS) is 11.6. The van der Waals surface area contributed by atoms with E-state index in [1.54, 1.807) is 43.5 Å². The molecule has 0 atom stereocenters. The third-order valence-electron chi connectivity index (χ3n) is 6.33. The molecular formula is C32H38N2O4. The van der Waals surface area contributed by atoms with E-state index in [0.29, 0.717) is 40.5 Å². The third kappa shape index (κ3) is 6.72. The highest BCUT2D eigenvalue weighted by Gasteiger charge is 2.26. The number of rotatable bonds is 8. The maximum Gasteiger partial charge on any atom is 0.340 e. The second-order valence-corrected chi connectivity index (χ2v) is 11.4. The highest BCUT2D eigenvalue weighted by molar-refractivity contribution is 5.96. The highest BCUT2D eigenvalue weighted by Crippen LogP contribution is 2.40. The van der Waals surface area contributed by atoms with Crippen molar-refractivity contribution in [1.82, 2.24) is 4.98 Å². The van der Waals surface area contributed by atoms with Crippen molar-refractivity contribution in [3.63, 3.8) is 0 Å². The van der Waals surface area contributed by atoms with E-state index < -0.39 is 5.97 Å². The van der Waals surface area contributed by atoms with Gasteiger partial charge in [-0.2, -0.15) is 5.26 Å². The fourth-order valence-corrected chi connectivity index (χ4v) is 4.34. The van der Waals surface area contributed by atoms with Crippen LogP contribution in [0.1, 0.15) is 87.5 Å². The van der Waals surface area contributed by atoms with Gasteiger partial charge in [-0.25, -0.2) is 4.79 Å². The van der Waals surface area contributed by atoms with Crippen LogP contribution in [0.3, 0.4) is 0 Å². The molecule has 0 aliphatic rings. The van der Waals surface area contributed by atoms with Crippen LogP contribution in [-0.2, 0) is 22.0 Å². The topological polar surface area (TPSA) is 92.4 Å². The van der Waals surface area contributed by atoms with Crippen LogP contribution < -0.4 is 4.74 Å². The van der Waals surface area contributed by atoms with Crippen molar-refractivity contribution < 1.29 is 19.4 Å². The SMILES string of the molecule is CCOC(=O)c1cccnc1-c1ccc(OCCCc2cc(C(C)(C)C)c(O)c(C(C)(C)C)c2)c(C#N)c1. The van der Waals surface area contributed by atoms with Crippen molar-refractivity contribution in [2.45, 2.75) is 72.1 Å². The zero-order chi connectivity index (χ0) is 28.1. The molecule has 0 bridgehead atoms. The first-order chi connectivity index (χ1) is 17.9. The second kappa shape index (κ2) is 11.7. The predicted molar refractivity (Wildman–Crippen MR) is 150 cm³/mol. The number of ether oxygens (including phenoxy) is 2. The Morgan fingerprint density at radius 3 is 2.26 bits per heavy atom. The summed E-state index contributed by atoms with van der Waals surface area (Å²) in [6, 6.07) is 15.0. The number of nitriles is 1. The third-order valence-corrected chi connectivity index (χ3v) is 6.33. The molecule has 3 rings (SSSR count). The van der Waals surface area contributed by atoms with E-state index in [-0.39, 0.29) is 17.4 Å². The number of hydrogen-bond donors (Lipinski definition) is 1. The molecule has 1 aromatic heterocycles.